The second-order valence-electron chi connectivity index (χ2n) is 4.44. The maximum Gasteiger partial charge on any atom is 0.240 e. The highest BCUT2D eigenvalue weighted by atomic mass is 32.2. The Balaban J connectivity index is 2.52. The minimum Gasteiger partial charge on any atom is -0.393 e. The number of hydrogen-bond acceptors (Lipinski definition) is 4. The average Bonchev–Trinajstić information content (AvgIpc) is 2.35. The molecular weight excluding hydrogens is 264 g/mol. The third-order valence-corrected chi connectivity index (χ3v) is 4.19. The Hall–Kier alpha value is -1.11. The molecule has 108 valence electrons. The molecule has 5 nitrogen and oxygen atoms in total. The number of anilines is 1. The summed E-state index contributed by atoms with van der Waals surface area (Å²) < 4.78 is 25.9. The van der Waals surface area contributed by atoms with Crippen molar-refractivity contribution in [2.75, 3.05) is 18.4 Å². The Labute approximate surface area is 115 Å². The van der Waals surface area contributed by atoms with Crippen molar-refractivity contribution in [1.29, 1.82) is 0 Å². The highest BCUT2D eigenvalue weighted by Gasteiger charge is 2.11. The normalized spacial score (nSPS) is 13.2. The number of hydrogen-bond donors (Lipinski definition) is 3. The number of aliphatic hydroxyl groups excluding tert-OH is 1. The van der Waals surface area contributed by atoms with Gasteiger partial charge in [-0.05, 0) is 44.0 Å². The van der Waals surface area contributed by atoms with E-state index in [2.05, 4.69) is 10.0 Å². The predicted octanol–water partition coefficient (Wildman–Crippen LogP) is 1.56. The van der Waals surface area contributed by atoms with Crippen LogP contribution in [0.1, 0.15) is 26.7 Å². The van der Waals surface area contributed by atoms with Crippen LogP contribution in [-0.2, 0) is 10.0 Å². The van der Waals surface area contributed by atoms with Gasteiger partial charge in [-0.2, -0.15) is 0 Å². The van der Waals surface area contributed by atoms with Gasteiger partial charge in [-0.25, -0.2) is 13.1 Å². The minimum absolute atomic E-state index is 0.267. The third kappa shape index (κ3) is 5.59. The Bertz CT molecular complexity index is 469. The molecule has 0 radical (unpaired) electrons. The van der Waals surface area contributed by atoms with Crippen molar-refractivity contribution >= 4 is 15.7 Å². The average molecular weight is 286 g/mol. The summed E-state index contributed by atoms with van der Waals surface area (Å²) in [5.41, 5.74) is 0.876. The first-order chi connectivity index (χ1) is 8.95. The van der Waals surface area contributed by atoms with Crippen LogP contribution in [-0.4, -0.2) is 32.7 Å². The number of aliphatic hydroxyl groups is 1. The molecule has 1 atom stereocenters. The lowest BCUT2D eigenvalue weighted by molar-refractivity contribution is 0.183. The molecular formula is C13H22N2O3S. The van der Waals surface area contributed by atoms with Crippen molar-refractivity contribution in [2.24, 2.45) is 0 Å². The van der Waals surface area contributed by atoms with Crippen molar-refractivity contribution < 1.29 is 13.5 Å². The molecule has 0 spiro atoms. The summed E-state index contributed by atoms with van der Waals surface area (Å²) in [6.45, 7) is 4.64. The zero-order chi connectivity index (χ0) is 14.3. The highest BCUT2D eigenvalue weighted by Crippen LogP contribution is 2.14. The summed E-state index contributed by atoms with van der Waals surface area (Å²) in [6, 6.07) is 6.64. The lowest BCUT2D eigenvalue weighted by atomic mass is 10.2. The molecule has 0 aromatic heterocycles. The van der Waals surface area contributed by atoms with Gasteiger partial charge >= 0.3 is 0 Å². The minimum atomic E-state index is -3.37. The van der Waals surface area contributed by atoms with Crippen LogP contribution in [0, 0.1) is 0 Å². The van der Waals surface area contributed by atoms with Crippen LogP contribution in [0.15, 0.2) is 29.2 Å². The molecule has 6 heteroatoms. The summed E-state index contributed by atoms with van der Waals surface area (Å²) in [6.07, 6.45) is 1.34. The smallest absolute Gasteiger partial charge is 0.240 e. The molecule has 0 saturated heterocycles. The summed E-state index contributed by atoms with van der Waals surface area (Å²) in [5, 5.41) is 12.3. The van der Waals surface area contributed by atoms with Crippen LogP contribution in [0.2, 0.25) is 0 Å². The zero-order valence-corrected chi connectivity index (χ0v) is 12.2. The molecule has 3 N–H and O–H groups in total. The van der Waals surface area contributed by atoms with E-state index in [1.54, 1.807) is 38.1 Å². The van der Waals surface area contributed by atoms with Crippen LogP contribution in [0.3, 0.4) is 0 Å². The Morgan fingerprint density at radius 2 is 1.89 bits per heavy atom. The molecule has 1 aromatic carbocycles. The van der Waals surface area contributed by atoms with E-state index >= 15 is 0 Å². The van der Waals surface area contributed by atoms with Crippen molar-refractivity contribution in [2.45, 2.75) is 37.7 Å². The topological polar surface area (TPSA) is 78.4 Å². The number of sulfonamides is 1. The van der Waals surface area contributed by atoms with Crippen LogP contribution in [0.4, 0.5) is 5.69 Å². The first kappa shape index (κ1) is 15.9. The molecule has 0 aliphatic rings. The monoisotopic (exact) mass is 286 g/mol. The Morgan fingerprint density at radius 3 is 2.42 bits per heavy atom. The number of benzene rings is 1. The van der Waals surface area contributed by atoms with Gasteiger partial charge in [0.05, 0.1) is 11.0 Å². The molecule has 0 amide bonds. The van der Waals surface area contributed by atoms with E-state index in [4.69, 9.17) is 5.11 Å². The maximum absolute atomic E-state index is 11.7. The van der Waals surface area contributed by atoms with Crippen molar-refractivity contribution in [3.05, 3.63) is 24.3 Å². The molecule has 0 bridgehead atoms. The Morgan fingerprint density at radius 1 is 1.26 bits per heavy atom. The van der Waals surface area contributed by atoms with Gasteiger partial charge in [-0.3, -0.25) is 0 Å². The highest BCUT2D eigenvalue weighted by molar-refractivity contribution is 7.89. The van der Waals surface area contributed by atoms with Gasteiger partial charge < -0.3 is 10.4 Å². The third-order valence-electron chi connectivity index (χ3n) is 2.63. The molecule has 0 heterocycles. The molecule has 1 rings (SSSR count). The maximum atomic E-state index is 11.7. The second kappa shape index (κ2) is 7.47. The fourth-order valence-corrected chi connectivity index (χ4v) is 2.70. The second-order valence-corrected chi connectivity index (χ2v) is 6.21. The van der Waals surface area contributed by atoms with E-state index < -0.39 is 10.0 Å². The van der Waals surface area contributed by atoms with Gasteiger partial charge in [0.25, 0.3) is 0 Å². The standard InChI is InChI=1S/C13H22N2O3S/c1-3-15-19(17,18)13-8-6-12(7-9-13)14-10-4-5-11(2)16/h6-9,11,14-16H,3-5,10H2,1-2H3. The van der Waals surface area contributed by atoms with Gasteiger partial charge in [-0.1, -0.05) is 6.92 Å². The number of nitrogens with one attached hydrogen (secondary N) is 2. The van der Waals surface area contributed by atoms with E-state index in [9.17, 15) is 8.42 Å². The quantitative estimate of drug-likeness (QED) is 0.634. The van der Waals surface area contributed by atoms with Gasteiger partial charge in [0, 0.05) is 18.8 Å². The van der Waals surface area contributed by atoms with Crippen LogP contribution in [0.5, 0.6) is 0 Å². The molecule has 0 aliphatic heterocycles. The van der Waals surface area contributed by atoms with E-state index in [0.29, 0.717) is 6.54 Å². The van der Waals surface area contributed by atoms with Gasteiger partial charge in [0.15, 0.2) is 0 Å². The van der Waals surface area contributed by atoms with Gasteiger partial charge in [-0.15, -0.1) is 0 Å². The molecule has 1 unspecified atom stereocenters. The SMILES string of the molecule is CCNS(=O)(=O)c1ccc(NCCCC(C)O)cc1. The summed E-state index contributed by atoms with van der Waals surface area (Å²) >= 11 is 0. The van der Waals surface area contributed by atoms with Crippen molar-refractivity contribution in [3.8, 4) is 0 Å². The first-order valence-electron chi connectivity index (χ1n) is 6.47. The van der Waals surface area contributed by atoms with Gasteiger partial charge in [0.1, 0.15) is 0 Å². The van der Waals surface area contributed by atoms with Crippen molar-refractivity contribution in [3.63, 3.8) is 0 Å². The lowest BCUT2D eigenvalue weighted by Crippen LogP contribution is -2.23. The predicted molar refractivity (Wildman–Crippen MR) is 76.7 cm³/mol. The zero-order valence-electron chi connectivity index (χ0n) is 11.4. The number of rotatable bonds is 8. The molecule has 0 fully saturated rings. The van der Waals surface area contributed by atoms with Crippen LogP contribution in [0.25, 0.3) is 0 Å². The van der Waals surface area contributed by atoms with Crippen LogP contribution < -0.4 is 10.0 Å². The van der Waals surface area contributed by atoms with Crippen molar-refractivity contribution in [1.82, 2.24) is 4.72 Å². The molecule has 1 aromatic rings. The Kier molecular flexibility index (Phi) is 6.27. The largest absolute Gasteiger partial charge is 0.393 e. The fourth-order valence-electron chi connectivity index (χ4n) is 1.66. The van der Waals surface area contributed by atoms with Crippen LogP contribution >= 0.6 is 0 Å². The van der Waals surface area contributed by atoms with E-state index in [0.717, 1.165) is 25.1 Å². The van der Waals surface area contributed by atoms with E-state index in [1.165, 1.54) is 0 Å². The van der Waals surface area contributed by atoms with E-state index in [1.807, 2.05) is 0 Å². The fraction of sp³-hybridized carbons (Fsp3) is 0.538. The summed E-state index contributed by atoms with van der Waals surface area (Å²) in [5.74, 6) is 0. The summed E-state index contributed by atoms with van der Waals surface area (Å²) in [4.78, 5) is 0.267. The molecule has 0 saturated carbocycles. The molecule has 0 aliphatic carbocycles. The van der Waals surface area contributed by atoms with Gasteiger partial charge in [0.2, 0.25) is 10.0 Å². The van der Waals surface area contributed by atoms with E-state index in [-0.39, 0.29) is 11.0 Å². The lowest BCUT2D eigenvalue weighted by Gasteiger charge is -2.09. The summed E-state index contributed by atoms with van der Waals surface area (Å²) in [7, 11) is -3.37. The first-order valence-corrected chi connectivity index (χ1v) is 7.95. The molecule has 19 heavy (non-hydrogen) atoms.